The molecule has 0 saturated carbocycles. The number of sulfonamides is 1. The molecule has 0 aliphatic carbocycles. The van der Waals surface area contributed by atoms with Crippen LogP contribution in [0.5, 0.6) is 5.75 Å². The van der Waals surface area contributed by atoms with E-state index in [1.54, 1.807) is 19.9 Å². The van der Waals surface area contributed by atoms with Crippen LogP contribution in [0.15, 0.2) is 27.6 Å². The molecule has 1 aromatic rings. The summed E-state index contributed by atoms with van der Waals surface area (Å²) >= 11 is 3.20. The van der Waals surface area contributed by atoms with Crippen molar-refractivity contribution in [2.75, 3.05) is 13.7 Å². The summed E-state index contributed by atoms with van der Waals surface area (Å²) in [5.41, 5.74) is 0. The summed E-state index contributed by atoms with van der Waals surface area (Å²) in [5.74, 6) is -0.832. The van der Waals surface area contributed by atoms with Crippen molar-refractivity contribution in [3.8, 4) is 5.75 Å². The molecular weight excluding hydrogens is 350 g/mol. The molecule has 1 rings (SSSR count). The normalized spacial score (nSPS) is 11.9. The lowest BCUT2D eigenvalue weighted by molar-refractivity contribution is -0.137. The summed E-state index contributed by atoms with van der Waals surface area (Å²) < 4.78 is 31.5. The SMILES string of the molecule is COc1cc(Br)cc(S(=O)(=O)N(CC(=O)O)C(C)C)c1. The minimum Gasteiger partial charge on any atom is -0.497 e. The van der Waals surface area contributed by atoms with Crippen LogP contribution >= 0.6 is 15.9 Å². The Kier molecular flexibility index (Phi) is 5.55. The highest BCUT2D eigenvalue weighted by molar-refractivity contribution is 9.10. The first-order valence-corrected chi connectivity index (χ1v) is 8.00. The van der Waals surface area contributed by atoms with Crippen molar-refractivity contribution in [2.45, 2.75) is 24.8 Å². The molecule has 1 N–H and O–H groups in total. The maximum Gasteiger partial charge on any atom is 0.318 e. The number of carbonyl (C=O) groups is 1. The van der Waals surface area contributed by atoms with Crippen molar-refractivity contribution in [2.24, 2.45) is 0 Å². The second kappa shape index (κ2) is 6.55. The molecule has 6 nitrogen and oxygen atoms in total. The molecule has 0 aliphatic heterocycles. The number of methoxy groups -OCH3 is 1. The zero-order valence-electron chi connectivity index (χ0n) is 11.3. The van der Waals surface area contributed by atoms with E-state index in [0.717, 1.165) is 4.31 Å². The molecule has 0 spiro atoms. The Balaban J connectivity index is 3.32. The molecule has 0 aromatic heterocycles. The topological polar surface area (TPSA) is 83.9 Å². The Bertz CT molecular complexity index is 600. The fourth-order valence-corrected chi connectivity index (χ4v) is 3.89. The summed E-state index contributed by atoms with van der Waals surface area (Å²) in [6, 6.07) is 3.92. The van der Waals surface area contributed by atoms with Crippen molar-refractivity contribution >= 4 is 31.9 Å². The van der Waals surface area contributed by atoms with Crippen molar-refractivity contribution < 1.29 is 23.1 Å². The number of rotatable bonds is 6. The second-order valence-corrected chi connectivity index (χ2v) is 7.17. The average molecular weight is 366 g/mol. The fourth-order valence-electron chi connectivity index (χ4n) is 1.62. The summed E-state index contributed by atoms with van der Waals surface area (Å²) in [6.07, 6.45) is 0. The van der Waals surface area contributed by atoms with E-state index < -0.39 is 28.6 Å². The van der Waals surface area contributed by atoms with Crippen molar-refractivity contribution in [1.82, 2.24) is 4.31 Å². The molecular formula is C12H16BrNO5S. The highest BCUT2D eigenvalue weighted by Gasteiger charge is 2.29. The van der Waals surface area contributed by atoms with Gasteiger partial charge in [0.25, 0.3) is 0 Å². The molecule has 8 heteroatoms. The van der Waals surface area contributed by atoms with Gasteiger partial charge in [-0.3, -0.25) is 4.79 Å². The Morgan fingerprint density at radius 1 is 1.40 bits per heavy atom. The van der Waals surface area contributed by atoms with Crippen LogP contribution in [0.25, 0.3) is 0 Å². The van der Waals surface area contributed by atoms with Crippen LogP contribution < -0.4 is 4.74 Å². The minimum atomic E-state index is -3.91. The van der Waals surface area contributed by atoms with Crippen LogP contribution in [0.4, 0.5) is 0 Å². The minimum absolute atomic E-state index is 0.0151. The van der Waals surface area contributed by atoms with Gasteiger partial charge in [0.2, 0.25) is 10.0 Å². The Morgan fingerprint density at radius 2 is 2.00 bits per heavy atom. The van der Waals surface area contributed by atoms with E-state index >= 15 is 0 Å². The Labute approximate surface area is 126 Å². The first kappa shape index (κ1) is 16.9. The van der Waals surface area contributed by atoms with Gasteiger partial charge in [0, 0.05) is 16.6 Å². The number of hydrogen-bond donors (Lipinski definition) is 1. The van der Waals surface area contributed by atoms with E-state index in [2.05, 4.69) is 15.9 Å². The summed E-state index contributed by atoms with van der Waals surface area (Å²) in [7, 11) is -2.48. The molecule has 0 unspecified atom stereocenters. The van der Waals surface area contributed by atoms with Crippen LogP contribution in [-0.4, -0.2) is 43.5 Å². The van der Waals surface area contributed by atoms with Crippen LogP contribution in [0.2, 0.25) is 0 Å². The number of nitrogens with zero attached hydrogens (tertiary/aromatic N) is 1. The standard InChI is InChI=1S/C12H16BrNO5S/c1-8(2)14(7-12(15)16)20(17,18)11-5-9(13)4-10(6-11)19-3/h4-6,8H,7H2,1-3H3,(H,15,16). The van der Waals surface area contributed by atoms with Crippen molar-refractivity contribution in [1.29, 1.82) is 0 Å². The van der Waals surface area contributed by atoms with Gasteiger partial charge in [-0.05, 0) is 26.0 Å². The molecule has 0 atom stereocenters. The van der Waals surface area contributed by atoms with E-state index in [0.29, 0.717) is 10.2 Å². The molecule has 0 radical (unpaired) electrons. The van der Waals surface area contributed by atoms with Gasteiger partial charge in [0.15, 0.2) is 0 Å². The monoisotopic (exact) mass is 365 g/mol. The molecule has 0 heterocycles. The molecule has 0 fully saturated rings. The van der Waals surface area contributed by atoms with Gasteiger partial charge in [0.1, 0.15) is 12.3 Å². The first-order valence-electron chi connectivity index (χ1n) is 5.76. The van der Waals surface area contributed by atoms with Crippen LogP contribution in [0.1, 0.15) is 13.8 Å². The number of aliphatic carboxylic acids is 1. The van der Waals surface area contributed by atoms with E-state index in [1.165, 1.54) is 19.2 Å². The van der Waals surface area contributed by atoms with E-state index in [-0.39, 0.29) is 4.90 Å². The Hall–Kier alpha value is -1.12. The highest BCUT2D eigenvalue weighted by atomic mass is 79.9. The highest BCUT2D eigenvalue weighted by Crippen LogP contribution is 2.27. The first-order chi connectivity index (χ1) is 9.18. The molecule has 1 aromatic carbocycles. The molecule has 0 aliphatic rings. The largest absolute Gasteiger partial charge is 0.497 e. The van der Waals surface area contributed by atoms with Gasteiger partial charge in [-0.1, -0.05) is 15.9 Å². The summed E-state index contributed by atoms with van der Waals surface area (Å²) in [4.78, 5) is 10.8. The van der Waals surface area contributed by atoms with E-state index in [1.807, 2.05) is 0 Å². The zero-order valence-corrected chi connectivity index (χ0v) is 13.7. The van der Waals surface area contributed by atoms with Crippen LogP contribution in [0.3, 0.4) is 0 Å². The zero-order chi connectivity index (χ0) is 15.5. The molecule has 0 amide bonds. The Morgan fingerprint density at radius 3 is 2.45 bits per heavy atom. The predicted octanol–water partition coefficient (Wildman–Crippen LogP) is 1.94. The third-order valence-electron chi connectivity index (χ3n) is 2.55. The maximum atomic E-state index is 12.5. The van der Waals surface area contributed by atoms with Crippen LogP contribution in [0, 0.1) is 0 Å². The lowest BCUT2D eigenvalue weighted by atomic mass is 10.3. The predicted molar refractivity (Wildman–Crippen MR) is 77.4 cm³/mol. The van der Waals surface area contributed by atoms with Gasteiger partial charge in [-0.2, -0.15) is 4.31 Å². The lowest BCUT2D eigenvalue weighted by Crippen LogP contribution is -2.40. The van der Waals surface area contributed by atoms with Gasteiger partial charge >= 0.3 is 5.97 Å². The van der Waals surface area contributed by atoms with Crippen molar-refractivity contribution in [3.63, 3.8) is 0 Å². The molecule has 112 valence electrons. The van der Waals surface area contributed by atoms with Crippen LogP contribution in [-0.2, 0) is 14.8 Å². The van der Waals surface area contributed by atoms with Gasteiger partial charge in [-0.25, -0.2) is 8.42 Å². The lowest BCUT2D eigenvalue weighted by Gasteiger charge is -2.24. The smallest absolute Gasteiger partial charge is 0.318 e. The van der Waals surface area contributed by atoms with Gasteiger partial charge in [-0.15, -0.1) is 0 Å². The number of carboxylic acid groups (broad SMARTS) is 1. The summed E-state index contributed by atoms with van der Waals surface area (Å²) in [6.45, 7) is 2.65. The fraction of sp³-hybridized carbons (Fsp3) is 0.417. The third-order valence-corrected chi connectivity index (χ3v) is 5.01. The van der Waals surface area contributed by atoms with E-state index in [9.17, 15) is 13.2 Å². The van der Waals surface area contributed by atoms with Gasteiger partial charge < -0.3 is 9.84 Å². The average Bonchev–Trinajstić information content (AvgIpc) is 2.34. The second-order valence-electron chi connectivity index (χ2n) is 4.36. The number of carboxylic acids is 1. The molecule has 0 bridgehead atoms. The number of hydrogen-bond acceptors (Lipinski definition) is 4. The molecule has 20 heavy (non-hydrogen) atoms. The number of ether oxygens (including phenoxy) is 1. The third kappa shape index (κ3) is 3.94. The van der Waals surface area contributed by atoms with E-state index in [4.69, 9.17) is 9.84 Å². The maximum absolute atomic E-state index is 12.5. The quantitative estimate of drug-likeness (QED) is 0.832. The molecule has 0 saturated heterocycles. The number of halogens is 1. The van der Waals surface area contributed by atoms with Crippen molar-refractivity contribution in [3.05, 3.63) is 22.7 Å². The summed E-state index contributed by atoms with van der Waals surface area (Å²) in [5, 5.41) is 8.86. The number of benzene rings is 1. The van der Waals surface area contributed by atoms with Gasteiger partial charge in [0.05, 0.1) is 12.0 Å².